The third-order valence-corrected chi connectivity index (χ3v) is 14.1. The summed E-state index contributed by atoms with van der Waals surface area (Å²) in [6.45, 7) is 6.55. The second-order valence-electron chi connectivity index (χ2n) is 21.3. The van der Waals surface area contributed by atoms with Crippen molar-refractivity contribution in [3.8, 4) is 0 Å². The fraction of sp³-hybridized carbons (Fsp3) is 0.833. The zero-order valence-corrected chi connectivity index (χ0v) is 48.2. The highest BCUT2D eigenvalue weighted by molar-refractivity contribution is 5.71. The van der Waals surface area contributed by atoms with Gasteiger partial charge in [-0.1, -0.05) is 288 Å². The number of rotatable bonds is 58. The molecular formula is C66H120O6. The molecular weight excluding hydrogens is 889 g/mol. The maximum absolute atomic E-state index is 12.9. The summed E-state index contributed by atoms with van der Waals surface area (Å²) in [6.07, 6.45) is 75.5. The standard InChI is InChI=1S/C66H120O6/c1-4-7-10-13-16-19-22-25-27-29-31-32-33-35-36-38-41-44-47-50-53-56-59-65(68)71-62-63(61-70-64(67)58-55-52-49-46-43-40-24-21-18-15-12-9-6-3)72-66(69)60-57-54-51-48-45-42-39-37-34-30-28-26-23-20-17-14-11-8-5-2/h9,12,18,21,26,28,40,43,63H,4-8,10-11,13-17,19-20,22-25,27,29-39,41-42,44-62H2,1-3H3/b12-9-,21-18-,28-26-,43-40-. The normalized spacial score (nSPS) is 12.3. The molecule has 1 atom stereocenters. The summed E-state index contributed by atoms with van der Waals surface area (Å²) in [7, 11) is 0. The molecule has 72 heavy (non-hydrogen) atoms. The first-order chi connectivity index (χ1) is 35.5. The molecule has 0 saturated heterocycles. The van der Waals surface area contributed by atoms with Gasteiger partial charge in [-0.3, -0.25) is 14.4 Å². The highest BCUT2D eigenvalue weighted by atomic mass is 16.6. The second kappa shape index (κ2) is 60.9. The minimum atomic E-state index is -0.785. The van der Waals surface area contributed by atoms with Crippen molar-refractivity contribution in [2.24, 2.45) is 0 Å². The molecule has 0 fully saturated rings. The lowest BCUT2D eigenvalue weighted by atomic mass is 10.0. The molecule has 1 unspecified atom stereocenters. The van der Waals surface area contributed by atoms with Crippen LogP contribution in [0, 0.1) is 0 Å². The van der Waals surface area contributed by atoms with Crippen LogP contribution < -0.4 is 0 Å². The van der Waals surface area contributed by atoms with Crippen molar-refractivity contribution in [3.63, 3.8) is 0 Å². The molecule has 0 aliphatic heterocycles. The number of unbranched alkanes of at least 4 members (excludes halogenated alkanes) is 39. The Morgan fingerprint density at radius 1 is 0.292 bits per heavy atom. The smallest absolute Gasteiger partial charge is 0.306 e. The summed E-state index contributed by atoms with van der Waals surface area (Å²) in [5, 5.41) is 0. The summed E-state index contributed by atoms with van der Waals surface area (Å²) in [6, 6.07) is 0. The molecule has 0 heterocycles. The Balaban J connectivity index is 4.30. The van der Waals surface area contributed by atoms with Gasteiger partial charge in [0.1, 0.15) is 13.2 Å². The van der Waals surface area contributed by atoms with Crippen molar-refractivity contribution >= 4 is 17.9 Å². The van der Waals surface area contributed by atoms with Crippen molar-refractivity contribution in [1.29, 1.82) is 0 Å². The Bertz CT molecular complexity index is 1250. The first-order valence-corrected chi connectivity index (χ1v) is 31.6. The third-order valence-electron chi connectivity index (χ3n) is 14.1. The van der Waals surface area contributed by atoms with E-state index < -0.39 is 6.10 Å². The molecule has 0 rings (SSSR count). The number of allylic oxidation sites excluding steroid dienone is 8. The van der Waals surface area contributed by atoms with Crippen LogP contribution in [0.15, 0.2) is 48.6 Å². The average Bonchev–Trinajstić information content (AvgIpc) is 3.38. The molecule has 0 amide bonds. The van der Waals surface area contributed by atoms with Crippen molar-refractivity contribution in [2.75, 3.05) is 13.2 Å². The topological polar surface area (TPSA) is 78.9 Å². The zero-order valence-electron chi connectivity index (χ0n) is 48.2. The first kappa shape index (κ1) is 69.4. The van der Waals surface area contributed by atoms with Crippen molar-refractivity contribution in [1.82, 2.24) is 0 Å². The lowest BCUT2D eigenvalue weighted by Gasteiger charge is -2.18. The quantitative estimate of drug-likeness (QED) is 0.0261. The predicted octanol–water partition coefficient (Wildman–Crippen LogP) is 21.4. The molecule has 420 valence electrons. The summed E-state index contributed by atoms with van der Waals surface area (Å²) in [4.78, 5) is 38.2. The van der Waals surface area contributed by atoms with Crippen molar-refractivity contribution in [2.45, 2.75) is 341 Å². The van der Waals surface area contributed by atoms with Crippen LogP contribution in [0.1, 0.15) is 335 Å². The van der Waals surface area contributed by atoms with Gasteiger partial charge in [-0.05, 0) is 77.0 Å². The van der Waals surface area contributed by atoms with Gasteiger partial charge in [0, 0.05) is 19.3 Å². The molecule has 6 nitrogen and oxygen atoms in total. The molecule has 0 aliphatic carbocycles. The van der Waals surface area contributed by atoms with E-state index >= 15 is 0 Å². The average molecular weight is 1010 g/mol. The minimum Gasteiger partial charge on any atom is -0.462 e. The summed E-state index contributed by atoms with van der Waals surface area (Å²) < 4.78 is 16.9. The third kappa shape index (κ3) is 58.3. The molecule has 0 aromatic rings. The Morgan fingerprint density at radius 3 is 0.875 bits per heavy atom. The van der Waals surface area contributed by atoms with Crippen molar-refractivity contribution < 1.29 is 28.6 Å². The Kier molecular flexibility index (Phi) is 58.7. The molecule has 0 saturated carbocycles. The maximum Gasteiger partial charge on any atom is 0.306 e. The van der Waals surface area contributed by atoms with Crippen LogP contribution in [0.5, 0.6) is 0 Å². The van der Waals surface area contributed by atoms with Gasteiger partial charge < -0.3 is 14.2 Å². The molecule has 6 heteroatoms. The van der Waals surface area contributed by atoms with Crippen LogP contribution in [0.2, 0.25) is 0 Å². The fourth-order valence-electron chi connectivity index (χ4n) is 9.34. The van der Waals surface area contributed by atoms with Gasteiger partial charge in [-0.15, -0.1) is 0 Å². The zero-order chi connectivity index (χ0) is 52.2. The van der Waals surface area contributed by atoms with E-state index in [1.54, 1.807) is 0 Å². The van der Waals surface area contributed by atoms with Crippen LogP contribution in [0.4, 0.5) is 0 Å². The van der Waals surface area contributed by atoms with Crippen LogP contribution in [-0.4, -0.2) is 37.2 Å². The van der Waals surface area contributed by atoms with Gasteiger partial charge in [0.15, 0.2) is 6.10 Å². The highest BCUT2D eigenvalue weighted by Crippen LogP contribution is 2.17. The van der Waals surface area contributed by atoms with E-state index in [9.17, 15) is 14.4 Å². The van der Waals surface area contributed by atoms with Gasteiger partial charge in [-0.2, -0.15) is 0 Å². The Morgan fingerprint density at radius 2 is 0.542 bits per heavy atom. The molecule has 0 aromatic carbocycles. The minimum absolute atomic E-state index is 0.0798. The van der Waals surface area contributed by atoms with Gasteiger partial charge in [-0.25, -0.2) is 0 Å². The Hall–Kier alpha value is -2.63. The maximum atomic E-state index is 12.9. The molecule has 0 bridgehead atoms. The van der Waals surface area contributed by atoms with Crippen LogP contribution in [0.25, 0.3) is 0 Å². The number of carbonyl (C=O) groups is 3. The van der Waals surface area contributed by atoms with Gasteiger partial charge in [0.2, 0.25) is 0 Å². The fourth-order valence-corrected chi connectivity index (χ4v) is 9.34. The predicted molar refractivity (Wildman–Crippen MR) is 312 cm³/mol. The Labute approximate surface area is 448 Å². The summed E-state index contributed by atoms with van der Waals surface area (Å²) >= 11 is 0. The SMILES string of the molecule is CC/C=C\C/C=C\C/C=C\CCCCCC(=O)OCC(COC(=O)CCCCCCCCCCCCCCCCCCCCCCCC)OC(=O)CCCCCCCCCCC/C=C\CCCCCCCC. The van der Waals surface area contributed by atoms with Crippen LogP contribution >= 0.6 is 0 Å². The van der Waals surface area contributed by atoms with E-state index in [2.05, 4.69) is 69.4 Å². The lowest BCUT2D eigenvalue weighted by Crippen LogP contribution is -2.30. The van der Waals surface area contributed by atoms with E-state index in [4.69, 9.17) is 14.2 Å². The van der Waals surface area contributed by atoms with E-state index in [1.165, 1.54) is 212 Å². The largest absolute Gasteiger partial charge is 0.462 e. The number of hydrogen-bond acceptors (Lipinski definition) is 6. The van der Waals surface area contributed by atoms with Crippen LogP contribution in [-0.2, 0) is 28.6 Å². The van der Waals surface area contributed by atoms with Crippen molar-refractivity contribution in [3.05, 3.63) is 48.6 Å². The highest BCUT2D eigenvalue weighted by Gasteiger charge is 2.19. The van der Waals surface area contributed by atoms with E-state index in [0.29, 0.717) is 19.3 Å². The monoisotopic (exact) mass is 1010 g/mol. The molecule has 0 aliphatic rings. The number of carbonyl (C=O) groups excluding carboxylic acids is 3. The molecule has 0 aromatic heterocycles. The number of ether oxygens (including phenoxy) is 3. The van der Waals surface area contributed by atoms with Gasteiger partial charge in [0.25, 0.3) is 0 Å². The second-order valence-corrected chi connectivity index (χ2v) is 21.3. The molecule has 0 radical (unpaired) electrons. The molecule has 0 N–H and O–H groups in total. The lowest BCUT2D eigenvalue weighted by molar-refractivity contribution is -0.167. The van der Waals surface area contributed by atoms with Gasteiger partial charge in [0.05, 0.1) is 0 Å². The summed E-state index contributed by atoms with van der Waals surface area (Å²) in [5.74, 6) is -0.893. The van der Waals surface area contributed by atoms with E-state index in [-0.39, 0.29) is 31.1 Å². The number of esters is 3. The molecule has 0 spiro atoms. The van der Waals surface area contributed by atoms with Gasteiger partial charge >= 0.3 is 17.9 Å². The van der Waals surface area contributed by atoms with Crippen LogP contribution in [0.3, 0.4) is 0 Å². The summed E-state index contributed by atoms with van der Waals surface area (Å²) in [5.41, 5.74) is 0. The van der Waals surface area contributed by atoms with E-state index in [1.807, 2.05) is 0 Å². The first-order valence-electron chi connectivity index (χ1n) is 31.6. The number of hydrogen-bond donors (Lipinski definition) is 0. The van der Waals surface area contributed by atoms with E-state index in [0.717, 1.165) is 83.5 Å².